The molecule has 1 atom stereocenters. The van der Waals surface area contributed by atoms with Gasteiger partial charge in [-0.2, -0.15) is 9.48 Å². The number of carbonyl (C=O) groups excluding carboxylic acids is 2. The molecule has 1 aromatic carbocycles. The van der Waals surface area contributed by atoms with Gasteiger partial charge in [-0.15, -0.1) is 23.1 Å². The lowest BCUT2D eigenvalue weighted by molar-refractivity contribution is -0.407. The molecule has 2 aliphatic heterocycles. The molecule has 28 heavy (non-hydrogen) atoms. The molecular formula is C19H16FN4O2S2+. The molecule has 2 aromatic rings. The molecule has 0 N–H and O–H groups in total. The zero-order valence-corrected chi connectivity index (χ0v) is 16.8. The Bertz CT molecular complexity index is 1060. The fourth-order valence-electron chi connectivity index (χ4n) is 2.97. The lowest BCUT2D eigenvalue weighted by Gasteiger charge is -2.26. The van der Waals surface area contributed by atoms with Gasteiger partial charge in [0.1, 0.15) is 10.9 Å². The van der Waals surface area contributed by atoms with Crippen LogP contribution in [0, 0.1) is 11.7 Å². The smallest absolute Gasteiger partial charge is 0.255 e. The van der Waals surface area contributed by atoms with Crippen LogP contribution in [0.25, 0.3) is 0 Å². The van der Waals surface area contributed by atoms with E-state index in [9.17, 15) is 14.0 Å². The van der Waals surface area contributed by atoms with E-state index in [1.54, 1.807) is 25.2 Å². The van der Waals surface area contributed by atoms with Crippen molar-refractivity contribution in [3.05, 3.63) is 58.0 Å². The van der Waals surface area contributed by atoms with Crippen molar-refractivity contribution < 1.29 is 18.6 Å². The molecule has 3 heterocycles. The predicted molar refractivity (Wildman–Crippen MR) is 109 cm³/mol. The highest BCUT2D eigenvalue weighted by molar-refractivity contribution is 8.13. The second-order valence-corrected chi connectivity index (χ2v) is 8.22. The minimum Gasteiger partial charge on any atom is -0.255 e. The highest BCUT2D eigenvalue weighted by atomic mass is 32.2. The van der Waals surface area contributed by atoms with Gasteiger partial charge in [0.2, 0.25) is 5.84 Å². The summed E-state index contributed by atoms with van der Waals surface area (Å²) in [6.07, 6.45) is 0. The van der Waals surface area contributed by atoms with Crippen molar-refractivity contribution in [2.45, 2.75) is 5.75 Å². The zero-order chi connectivity index (χ0) is 19.8. The van der Waals surface area contributed by atoms with Crippen molar-refractivity contribution in [3.8, 4) is 0 Å². The fourth-order valence-corrected chi connectivity index (χ4v) is 4.69. The third-order valence-corrected chi connectivity index (χ3v) is 6.46. The third-order valence-electron chi connectivity index (χ3n) is 4.51. The molecule has 9 heteroatoms. The van der Waals surface area contributed by atoms with E-state index in [2.05, 4.69) is 9.98 Å². The lowest BCUT2D eigenvalue weighted by atomic mass is 10.0. The summed E-state index contributed by atoms with van der Waals surface area (Å²) in [5.41, 5.74) is 0.526. The lowest BCUT2D eigenvalue weighted by Crippen LogP contribution is -2.54. The summed E-state index contributed by atoms with van der Waals surface area (Å²) in [6.45, 7) is 0. The van der Waals surface area contributed by atoms with Crippen LogP contribution in [0.2, 0.25) is 0 Å². The highest BCUT2D eigenvalue weighted by Crippen LogP contribution is 2.29. The van der Waals surface area contributed by atoms with Crippen LogP contribution in [-0.2, 0) is 10.5 Å². The van der Waals surface area contributed by atoms with Gasteiger partial charge in [0, 0.05) is 5.75 Å². The maximum Gasteiger partial charge on any atom is 0.445 e. The fraction of sp³-hybridized carbons (Fsp3) is 0.211. The summed E-state index contributed by atoms with van der Waals surface area (Å²) in [4.78, 5) is 36.2. The second kappa shape index (κ2) is 7.40. The Morgan fingerprint density at radius 3 is 2.71 bits per heavy atom. The number of hydrogen-bond donors (Lipinski definition) is 0. The van der Waals surface area contributed by atoms with Crippen LogP contribution in [0.3, 0.4) is 0 Å². The number of thiophene rings is 1. The Kier molecular flexibility index (Phi) is 4.94. The van der Waals surface area contributed by atoms with Crippen molar-refractivity contribution in [2.75, 3.05) is 14.1 Å². The molecule has 0 aliphatic carbocycles. The average Bonchev–Trinajstić information content (AvgIpc) is 3.24. The predicted octanol–water partition coefficient (Wildman–Crippen LogP) is 3.23. The summed E-state index contributed by atoms with van der Waals surface area (Å²) < 4.78 is 15.4. The van der Waals surface area contributed by atoms with Gasteiger partial charge in [-0.1, -0.05) is 29.3 Å². The van der Waals surface area contributed by atoms with Crippen LogP contribution in [0.4, 0.5) is 9.18 Å². The number of hydrogen-bond acceptors (Lipinski definition) is 6. The maximum absolute atomic E-state index is 14.0. The number of rotatable bonds is 3. The van der Waals surface area contributed by atoms with Crippen molar-refractivity contribution in [3.63, 3.8) is 0 Å². The highest BCUT2D eigenvalue weighted by Gasteiger charge is 2.49. The normalized spacial score (nSPS) is 19.5. The number of imide groups is 1. The van der Waals surface area contributed by atoms with Gasteiger partial charge in [-0.05, 0) is 23.1 Å². The quantitative estimate of drug-likeness (QED) is 0.723. The van der Waals surface area contributed by atoms with Gasteiger partial charge in [0.25, 0.3) is 5.84 Å². The minimum atomic E-state index is -0.770. The summed E-state index contributed by atoms with van der Waals surface area (Å²) in [7, 11) is 3.03. The Balaban J connectivity index is 1.76. The number of amidine groups is 2. The molecular weight excluding hydrogens is 399 g/mol. The number of benzene rings is 1. The molecule has 3 amide bonds. The van der Waals surface area contributed by atoms with Crippen LogP contribution in [-0.4, -0.2) is 52.2 Å². The molecule has 0 bridgehead atoms. The monoisotopic (exact) mass is 415 g/mol. The standard InChI is InChI=1S/C19H16FN4O2S2/c1-23-16-14(18(25)24(2)19(23)26)17(22-15(21-16)13-8-5-9-27-13)28-10-11-6-3-4-7-12(11)20/h3-9,14H,10H2,1-2H3/q+1. The van der Waals surface area contributed by atoms with Crippen LogP contribution >= 0.6 is 23.1 Å². The molecule has 0 radical (unpaired) electrons. The van der Waals surface area contributed by atoms with Gasteiger partial charge in [-0.3, -0.25) is 4.79 Å². The molecule has 1 aromatic heterocycles. The number of thioether (sulfide) groups is 1. The molecule has 4 rings (SSSR count). The first-order chi connectivity index (χ1) is 13.5. The van der Waals surface area contributed by atoms with Gasteiger partial charge in [-0.25, -0.2) is 14.2 Å². The topological polar surface area (TPSA) is 65.1 Å². The molecule has 1 unspecified atom stereocenters. The van der Waals surface area contributed by atoms with Crippen molar-refractivity contribution >= 4 is 51.8 Å². The van der Waals surface area contributed by atoms with Crippen LogP contribution < -0.4 is 0 Å². The van der Waals surface area contributed by atoms with Crippen LogP contribution in [0.5, 0.6) is 0 Å². The number of urea groups is 1. The second-order valence-electron chi connectivity index (χ2n) is 6.27. The number of halogens is 1. The van der Waals surface area contributed by atoms with E-state index in [4.69, 9.17) is 0 Å². The Hall–Kier alpha value is -2.65. The van der Waals surface area contributed by atoms with E-state index in [0.717, 1.165) is 9.78 Å². The number of aliphatic imine (C=N–C) groups is 2. The van der Waals surface area contributed by atoms with Crippen LogP contribution in [0.1, 0.15) is 10.4 Å². The first-order valence-corrected chi connectivity index (χ1v) is 10.3. The van der Waals surface area contributed by atoms with Crippen molar-refractivity contribution in [1.29, 1.82) is 0 Å². The molecule has 0 fully saturated rings. The Morgan fingerprint density at radius 1 is 1.21 bits per heavy atom. The van der Waals surface area contributed by atoms with E-state index in [1.165, 1.54) is 40.8 Å². The molecule has 6 nitrogen and oxygen atoms in total. The summed E-state index contributed by atoms with van der Waals surface area (Å²) >= 11 is 2.76. The summed E-state index contributed by atoms with van der Waals surface area (Å²) in [5.74, 6) is -0.333. The maximum atomic E-state index is 14.0. The number of carbonyl (C=O) groups is 2. The van der Waals surface area contributed by atoms with E-state index < -0.39 is 11.9 Å². The van der Waals surface area contributed by atoms with Crippen molar-refractivity contribution in [1.82, 2.24) is 4.90 Å². The molecule has 0 saturated heterocycles. The van der Waals surface area contributed by atoms with E-state index in [1.807, 2.05) is 17.5 Å². The van der Waals surface area contributed by atoms with Gasteiger partial charge < -0.3 is 0 Å². The zero-order valence-electron chi connectivity index (χ0n) is 15.1. The average molecular weight is 415 g/mol. The number of amides is 3. The minimum absolute atomic E-state index is 0.304. The number of fused-ring (bicyclic) bond motifs is 1. The summed E-state index contributed by atoms with van der Waals surface area (Å²) in [5, 5.41) is 2.41. The Labute approximate surface area is 169 Å². The van der Waals surface area contributed by atoms with Gasteiger partial charge in [0.05, 0.1) is 19.0 Å². The molecule has 0 spiro atoms. The molecule has 2 aliphatic rings. The first kappa shape index (κ1) is 18.7. The number of nitrogens with zero attached hydrogens (tertiary/aromatic N) is 4. The summed E-state index contributed by atoms with van der Waals surface area (Å²) in [6, 6.07) is 9.83. The van der Waals surface area contributed by atoms with Gasteiger partial charge in [0.15, 0.2) is 5.92 Å². The van der Waals surface area contributed by atoms with Crippen molar-refractivity contribution in [2.24, 2.45) is 15.9 Å². The van der Waals surface area contributed by atoms with E-state index in [-0.39, 0.29) is 11.7 Å². The largest absolute Gasteiger partial charge is 0.445 e. The van der Waals surface area contributed by atoms with E-state index >= 15 is 0 Å². The third kappa shape index (κ3) is 3.20. The SMILES string of the molecule is CN1C(=O)C2C(SCc3ccccc3F)=NC(c3cccs3)=NC2=[N+](C)C1=O. The van der Waals surface area contributed by atoms with Crippen LogP contribution in [0.15, 0.2) is 51.8 Å². The molecule has 142 valence electrons. The first-order valence-electron chi connectivity index (χ1n) is 8.47. The van der Waals surface area contributed by atoms with Gasteiger partial charge >= 0.3 is 11.9 Å². The van der Waals surface area contributed by atoms with E-state index in [0.29, 0.717) is 28.0 Å². The molecule has 0 saturated carbocycles. The Morgan fingerprint density at radius 2 is 2.00 bits per heavy atom.